The van der Waals surface area contributed by atoms with E-state index in [1.165, 1.54) is 4.90 Å². The average molecular weight is 346 g/mol. The SMILES string of the molecule is CCN1C(=O)CC(C)(c2cccc(N)c2)N=C1NC(=O)OC(C)(C)C. The van der Waals surface area contributed by atoms with Gasteiger partial charge in [-0.1, -0.05) is 12.1 Å². The molecule has 2 rings (SSSR count). The number of rotatable bonds is 2. The van der Waals surface area contributed by atoms with Crippen LogP contribution in [0.5, 0.6) is 0 Å². The lowest BCUT2D eigenvalue weighted by Gasteiger charge is -2.36. The maximum Gasteiger partial charge on any atom is 0.414 e. The fourth-order valence-electron chi connectivity index (χ4n) is 2.70. The number of guanidine groups is 1. The van der Waals surface area contributed by atoms with E-state index in [0.717, 1.165) is 5.56 Å². The van der Waals surface area contributed by atoms with Gasteiger partial charge in [0.15, 0.2) is 0 Å². The predicted octanol–water partition coefficient (Wildman–Crippen LogP) is 2.62. The normalized spacial score (nSPS) is 20.9. The molecule has 0 fully saturated rings. The summed E-state index contributed by atoms with van der Waals surface area (Å²) in [5, 5.41) is 2.61. The van der Waals surface area contributed by atoms with Crippen LogP contribution in [0.3, 0.4) is 0 Å². The topological polar surface area (TPSA) is 97.0 Å². The van der Waals surface area contributed by atoms with Gasteiger partial charge >= 0.3 is 6.09 Å². The number of nitrogen functional groups attached to an aromatic ring is 1. The number of benzene rings is 1. The van der Waals surface area contributed by atoms with Crippen molar-refractivity contribution in [1.29, 1.82) is 0 Å². The van der Waals surface area contributed by atoms with Gasteiger partial charge in [0.05, 0.1) is 12.0 Å². The summed E-state index contributed by atoms with van der Waals surface area (Å²) < 4.78 is 5.27. The molecule has 7 nitrogen and oxygen atoms in total. The Morgan fingerprint density at radius 1 is 1.44 bits per heavy atom. The van der Waals surface area contributed by atoms with Crippen molar-refractivity contribution in [3.63, 3.8) is 0 Å². The Morgan fingerprint density at radius 2 is 2.12 bits per heavy atom. The van der Waals surface area contributed by atoms with Crippen molar-refractivity contribution in [3.8, 4) is 0 Å². The molecule has 136 valence electrons. The van der Waals surface area contributed by atoms with Crippen molar-refractivity contribution in [2.75, 3.05) is 12.3 Å². The molecule has 1 aromatic rings. The summed E-state index contributed by atoms with van der Waals surface area (Å²) in [6.45, 7) is 9.40. The van der Waals surface area contributed by atoms with E-state index in [-0.39, 0.29) is 18.3 Å². The van der Waals surface area contributed by atoms with Crippen molar-refractivity contribution in [2.45, 2.75) is 52.2 Å². The molecule has 0 saturated carbocycles. The second kappa shape index (κ2) is 6.74. The van der Waals surface area contributed by atoms with Crippen LogP contribution in [0.4, 0.5) is 10.5 Å². The van der Waals surface area contributed by atoms with Gasteiger partial charge in [-0.3, -0.25) is 15.0 Å². The van der Waals surface area contributed by atoms with Crippen LogP contribution in [-0.2, 0) is 15.1 Å². The standard InChI is InChI=1S/C18H26N4O3/c1-6-22-14(23)11-18(5,12-8-7-9-13(19)10-12)21-15(22)20-16(24)25-17(2,3)4/h7-10H,6,11,19H2,1-5H3,(H,20,21,24). The van der Waals surface area contributed by atoms with Gasteiger partial charge in [0.1, 0.15) is 5.60 Å². The lowest BCUT2D eigenvalue weighted by molar-refractivity contribution is -0.129. The molecule has 1 aliphatic heterocycles. The molecule has 0 aromatic heterocycles. The number of hydrogen-bond donors (Lipinski definition) is 2. The van der Waals surface area contributed by atoms with Crippen LogP contribution in [0.25, 0.3) is 0 Å². The maximum atomic E-state index is 12.6. The highest BCUT2D eigenvalue weighted by molar-refractivity contribution is 6.05. The summed E-state index contributed by atoms with van der Waals surface area (Å²) in [6, 6.07) is 7.27. The van der Waals surface area contributed by atoms with Gasteiger partial charge in [-0.2, -0.15) is 0 Å². The number of alkyl carbamates (subject to hydrolysis) is 1. The van der Waals surface area contributed by atoms with Gasteiger partial charge in [0.2, 0.25) is 11.9 Å². The van der Waals surface area contributed by atoms with Crippen molar-refractivity contribution in [1.82, 2.24) is 10.2 Å². The predicted molar refractivity (Wildman–Crippen MR) is 97.0 cm³/mol. The van der Waals surface area contributed by atoms with Crippen LogP contribution in [-0.4, -0.2) is 35.0 Å². The second-order valence-electron chi connectivity index (χ2n) is 7.28. The van der Waals surface area contributed by atoms with Gasteiger partial charge in [0.25, 0.3) is 0 Å². The number of carbonyl (C=O) groups is 2. The third kappa shape index (κ3) is 4.49. The number of hydrogen-bond acceptors (Lipinski definition) is 5. The quantitative estimate of drug-likeness (QED) is 0.804. The Bertz CT molecular complexity index is 709. The molecule has 0 saturated heterocycles. The Hall–Kier alpha value is -2.57. The molecule has 2 amide bonds. The van der Waals surface area contributed by atoms with E-state index in [2.05, 4.69) is 10.3 Å². The molecule has 1 aromatic carbocycles. The monoisotopic (exact) mass is 346 g/mol. The summed E-state index contributed by atoms with van der Waals surface area (Å²) in [4.78, 5) is 30.8. The fraction of sp³-hybridized carbons (Fsp3) is 0.500. The molecule has 7 heteroatoms. The number of nitrogens with zero attached hydrogens (tertiary/aromatic N) is 2. The molecular weight excluding hydrogens is 320 g/mol. The summed E-state index contributed by atoms with van der Waals surface area (Å²) >= 11 is 0. The Kier molecular flexibility index (Phi) is 5.06. The molecule has 1 heterocycles. The molecule has 25 heavy (non-hydrogen) atoms. The average Bonchev–Trinajstić information content (AvgIpc) is 2.44. The smallest absolute Gasteiger partial charge is 0.414 e. The first kappa shape index (κ1) is 18.8. The number of anilines is 1. The highest BCUT2D eigenvalue weighted by atomic mass is 16.6. The van der Waals surface area contributed by atoms with Crippen LogP contribution in [0.1, 0.15) is 46.6 Å². The lowest BCUT2D eigenvalue weighted by Crippen LogP contribution is -2.53. The zero-order valence-corrected chi connectivity index (χ0v) is 15.4. The van der Waals surface area contributed by atoms with E-state index >= 15 is 0 Å². The van der Waals surface area contributed by atoms with Crippen molar-refractivity contribution in [2.24, 2.45) is 4.99 Å². The molecule has 1 atom stereocenters. The Morgan fingerprint density at radius 3 is 2.68 bits per heavy atom. The van der Waals surface area contributed by atoms with Crippen LogP contribution in [0.15, 0.2) is 29.3 Å². The van der Waals surface area contributed by atoms with Crippen molar-refractivity contribution < 1.29 is 14.3 Å². The summed E-state index contributed by atoms with van der Waals surface area (Å²) in [7, 11) is 0. The Balaban J connectivity index is 2.37. The Labute approximate surface area is 148 Å². The van der Waals surface area contributed by atoms with E-state index in [4.69, 9.17) is 10.5 Å². The van der Waals surface area contributed by atoms with E-state index in [9.17, 15) is 9.59 Å². The van der Waals surface area contributed by atoms with E-state index in [1.807, 2.05) is 26.0 Å². The molecule has 1 aliphatic rings. The third-order valence-corrected chi connectivity index (χ3v) is 3.84. The van der Waals surface area contributed by atoms with Crippen LogP contribution >= 0.6 is 0 Å². The number of ether oxygens (including phenoxy) is 1. The van der Waals surface area contributed by atoms with Crippen LogP contribution < -0.4 is 11.1 Å². The third-order valence-electron chi connectivity index (χ3n) is 3.84. The largest absolute Gasteiger partial charge is 0.444 e. The first-order valence-electron chi connectivity index (χ1n) is 8.30. The number of amides is 2. The van der Waals surface area contributed by atoms with E-state index in [0.29, 0.717) is 12.2 Å². The number of aliphatic imine (C=N–C) groups is 1. The zero-order valence-electron chi connectivity index (χ0n) is 15.4. The number of carbonyl (C=O) groups excluding carboxylic acids is 2. The zero-order chi connectivity index (χ0) is 18.8. The molecule has 3 N–H and O–H groups in total. The summed E-state index contributed by atoms with van der Waals surface area (Å²) in [6.07, 6.45) is -0.446. The molecular formula is C18H26N4O3. The molecule has 0 spiro atoms. The van der Waals surface area contributed by atoms with Gasteiger partial charge in [-0.05, 0) is 52.3 Å². The first-order valence-corrected chi connectivity index (χ1v) is 8.30. The maximum absolute atomic E-state index is 12.6. The summed E-state index contributed by atoms with van der Waals surface area (Å²) in [5.41, 5.74) is 5.84. The molecule has 0 radical (unpaired) electrons. The lowest BCUT2D eigenvalue weighted by atomic mass is 9.87. The highest BCUT2D eigenvalue weighted by Gasteiger charge is 2.38. The van der Waals surface area contributed by atoms with E-state index < -0.39 is 17.2 Å². The van der Waals surface area contributed by atoms with Gasteiger partial charge in [-0.25, -0.2) is 9.79 Å². The number of nitrogens with two attached hydrogens (primary N) is 1. The van der Waals surface area contributed by atoms with Crippen molar-refractivity contribution >= 4 is 23.6 Å². The van der Waals surface area contributed by atoms with Crippen LogP contribution in [0, 0.1) is 0 Å². The highest BCUT2D eigenvalue weighted by Crippen LogP contribution is 2.34. The molecule has 1 unspecified atom stereocenters. The minimum atomic E-state index is -0.803. The van der Waals surface area contributed by atoms with E-state index in [1.54, 1.807) is 32.9 Å². The summed E-state index contributed by atoms with van der Waals surface area (Å²) in [5.74, 6) is 0.0754. The minimum Gasteiger partial charge on any atom is -0.444 e. The molecule has 0 aliphatic carbocycles. The number of nitrogens with one attached hydrogen (secondary N) is 1. The van der Waals surface area contributed by atoms with Crippen molar-refractivity contribution in [3.05, 3.63) is 29.8 Å². The fourth-order valence-corrected chi connectivity index (χ4v) is 2.70. The van der Waals surface area contributed by atoms with Gasteiger partial charge in [0, 0.05) is 12.2 Å². The minimum absolute atomic E-state index is 0.117. The molecule has 0 bridgehead atoms. The van der Waals surface area contributed by atoms with Gasteiger partial charge < -0.3 is 10.5 Å². The second-order valence-corrected chi connectivity index (χ2v) is 7.28. The first-order chi connectivity index (χ1) is 11.5. The van der Waals surface area contributed by atoms with Gasteiger partial charge in [-0.15, -0.1) is 0 Å². The van der Waals surface area contributed by atoms with Crippen LogP contribution in [0.2, 0.25) is 0 Å².